The average Bonchev–Trinajstić information content (AvgIpc) is 2.47. The van der Waals surface area contributed by atoms with Crippen molar-refractivity contribution < 1.29 is 9.47 Å². The van der Waals surface area contributed by atoms with Crippen LogP contribution in [0.4, 0.5) is 0 Å². The van der Waals surface area contributed by atoms with Crippen LogP contribution in [0.3, 0.4) is 0 Å². The molecule has 0 amide bonds. The van der Waals surface area contributed by atoms with E-state index in [1.807, 2.05) is 38.2 Å². The number of hydrogen-bond donors (Lipinski definition) is 1. The number of benzene rings is 1. The molecule has 1 heterocycles. The predicted molar refractivity (Wildman–Crippen MR) is 79.2 cm³/mol. The van der Waals surface area contributed by atoms with Crippen LogP contribution in [-0.2, 0) is 6.54 Å². The minimum Gasteiger partial charge on any atom is -0.490 e. The van der Waals surface area contributed by atoms with Crippen molar-refractivity contribution in [2.75, 3.05) is 20.3 Å². The molecule has 0 saturated carbocycles. The maximum atomic E-state index is 5.62. The third-order valence-corrected chi connectivity index (χ3v) is 2.81. The van der Waals surface area contributed by atoms with Crippen molar-refractivity contribution in [1.82, 2.24) is 10.3 Å². The van der Waals surface area contributed by atoms with Gasteiger partial charge in [-0.3, -0.25) is 4.98 Å². The molecule has 1 aromatic heterocycles. The Bertz CT molecular complexity index is 509. The summed E-state index contributed by atoms with van der Waals surface area (Å²) in [4.78, 5) is 4.17. The highest BCUT2D eigenvalue weighted by Gasteiger charge is 1.97. The first-order valence-electron chi connectivity index (χ1n) is 6.70. The SMILES string of the molecule is CNCc1ccc(OCCOc2ccc(C)nc2)cc1. The minimum absolute atomic E-state index is 0.503. The molecule has 0 atom stereocenters. The van der Waals surface area contributed by atoms with Crippen molar-refractivity contribution in [3.05, 3.63) is 53.9 Å². The van der Waals surface area contributed by atoms with Crippen LogP contribution in [-0.4, -0.2) is 25.2 Å². The monoisotopic (exact) mass is 272 g/mol. The van der Waals surface area contributed by atoms with E-state index in [9.17, 15) is 0 Å². The molecule has 0 fully saturated rings. The lowest BCUT2D eigenvalue weighted by Gasteiger charge is -2.09. The molecule has 0 saturated heterocycles. The van der Waals surface area contributed by atoms with Crippen LogP contribution >= 0.6 is 0 Å². The molecule has 0 spiro atoms. The Labute approximate surface area is 119 Å². The lowest BCUT2D eigenvalue weighted by molar-refractivity contribution is 0.216. The Kier molecular flexibility index (Phi) is 5.38. The minimum atomic E-state index is 0.503. The number of aryl methyl sites for hydroxylation is 1. The molecule has 1 aromatic carbocycles. The summed E-state index contributed by atoms with van der Waals surface area (Å²) in [6.45, 7) is 3.83. The van der Waals surface area contributed by atoms with E-state index in [-0.39, 0.29) is 0 Å². The van der Waals surface area contributed by atoms with Gasteiger partial charge in [-0.25, -0.2) is 0 Å². The van der Waals surface area contributed by atoms with Crippen LogP contribution in [0.2, 0.25) is 0 Å². The molecule has 0 aliphatic heterocycles. The standard InChI is InChI=1S/C16H20N2O2/c1-13-3-6-16(12-18-13)20-10-9-19-15-7-4-14(5-8-15)11-17-2/h3-8,12,17H,9-11H2,1-2H3. The average molecular weight is 272 g/mol. The van der Waals surface area contributed by atoms with Crippen molar-refractivity contribution in [2.24, 2.45) is 0 Å². The molecular formula is C16H20N2O2. The van der Waals surface area contributed by atoms with E-state index in [1.165, 1.54) is 5.56 Å². The van der Waals surface area contributed by atoms with Crippen LogP contribution in [0.1, 0.15) is 11.3 Å². The summed E-state index contributed by atoms with van der Waals surface area (Å²) in [6, 6.07) is 11.9. The van der Waals surface area contributed by atoms with Gasteiger partial charge in [-0.05, 0) is 43.8 Å². The van der Waals surface area contributed by atoms with Gasteiger partial charge in [-0.2, -0.15) is 0 Å². The zero-order valence-corrected chi connectivity index (χ0v) is 11.9. The molecule has 2 aromatic rings. The van der Waals surface area contributed by atoms with Crippen LogP contribution < -0.4 is 14.8 Å². The number of aromatic nitrogens is 1. The first-order chi connectivity index (χ1) is 9.78. The number of nitrogens with zero attached hydrogens (tertiary/aromatic N) is 1. The van der Waals surface area contributed by atoms with Crippen LogP contribution in [0.5, 0.6) is 11.5 Å². The Morgan fingerprint density at radius 2 is 1.60 bits per heavy atom. The Balaban J connectivity index is 1.71. The number of rotatable bonds is 7. The smallest absolute Gasteiger partial charge is 0.137 e. The highest BCUT2D eigenvalue weighted by Crippen LogP contribution is 2.12. The first-order valence-corrected chi connectivity index (χ1v) is 6.70. The maximum absolute atomic E-state index is 5.62. The summed E-state index contributed by atoms with van der Waals surface area (Å²) in [6.07, 6.45) is 1.72. The zero-order chi connectivity index (χ0) is 14.2. The molecule has 0 aliphatic rings. The van der Waals surface area contributed by atoms with E-state index in [2.05, 4.69) is 22.4 Å². The normalized spacial score (nSPS) is 10.3. The molecule has 0 bridgehead atoms. The van der Waals surface area contributed by atoms with Gasteiger partial charge in [-0.1, -0.05) is 12.1 Å². The lowest BCUT2D eigenvalue weighted by Crippen LogP contribution is -2.09. The van der Waals surface area contributed by atoms with E-state index >= 15 is 0 Å². The fraction of sp³-hybridized carbons (Fsp3) is 0.312. The summed E-state index contributed by atoms with van der Waals surface area (Å²) in [7, 11) is 1.93. The van der Waals surface area contributed by atoms with Crippen LogP contribution in [0.15, 0.2) is 42.6 Å². The molecule has 4 nitrogen and oxygen atoms in total. The van der Waals surface area contributed by atoms with E-state index < -0.39 is 0 Å². The summed E-state index contributed by atoms with van der Waals surface area (Å²) >= 11 is 0. The van der Waals surface area contributed by atoms with Crippen molar-refractivity contribution >= 4 is 0 Å². The fourth-order valence-electron chi connectivity index (χ4n) is 1.77. The van der Waals surface area contributed by atoms with E-state index in [4.69, 9.17) is 9.47 Å². The van der Waals surface area contributed by atoms with Gasteiger partial charge in [0, 0.05) is 12.2 Å². The van der Waals surface area contributed by atoms with Crippen LogP contribution in [0, 0.1) is 6.92 Å². The van der Waals surface area contributed by atoms with E-state index in [0.29, 0.717) is 13.2 Å². The van der Waals surface area contributed by atoms with E-state index in [0.717, 1.165) is 23.7 Å². The number of hydrogen-bond acceptors (Lipinski definition) is 4. The second-order valence-corrected chi connectivity index (χ2v) is 4.51. The first kappa shape index (κ1) is 14.3. The largest absolute Gasteiger partial charge is 0.490 e. The van der Waals surface area contributed by atoms with E-state index in [1.54, 1.807) is 6.20 Å². The third-order valence-electron chi connectivity index (χ3n) is 2.81. The second-order valence-electron chi connectivity index (χ2n) is 4.51. The fourth-order valence-corrected chi connectivity index (χ4v) is 1.77. The van der Waals surface area contributed by atoms with Crippen molar-refractivity contribution in [2.45, 2.75) is 13.5 Å². The molecule has 20 heavy (non-hydrogen) atoms. The molecule has 0 radical (unpaired) electrons. The quantitative estimate of drug-likeness (QED) is 0.787. The van der Waals surface area contributed by atoms with Crippen molar-refractivity contribution in [3.8, 4) is 11.5 Å². The van der Waals surface area contributed by atoms with Gasteiger partial charge >= 0.3 is 0 Å². The van der Waals surface area contributed by atoms with Gasteiger partial charge in [0.25, 0.3) is 0 Å². The maximum Gasteiger partial charge on any atom is 0.137 e. The summed E-state index contributed by atoms with van der Waals surface area (Å²) in [5.74, 6) is 1.62. The van der Waals surface area contributed by atoms with Gasteiger partial charge in [0.2, 0.25) is 0 Å². The molecule has 0 aliphatic carbocycles. The Morgan fingerprint density at radius 3 is 2.20 bits per heavy atom. The molecule has 106 valence electrons. The summed E-state index contributed by atoms with van der Waals surface area (Å²) in [5, 5.41) is 3.11. The third kappa shape index (κ3) is 4.55. The van der Waals surface area contributed by atoms with Crippen molar-refractivity contribution in [3.63, 3.8) is 0 Å². The van der Waals surface area contributed by atoms with Crippen LogP contribution in [0.25, 0.3) is 0 Å². The van der Waals surface area contributed by atoms with Gasteiger partial charge < -0.3 is 14.8 Å². The second kappa shape index (κ2) is 7.50. The molecular weight excluding hydrogens is 252 g/mol. The number of ether oxygens (including phenoxy) is 2. The Hall–Kier alpha value is -2.07. The molecule has 4 heteroatoms. The molecule has 0 unspecified atom stereocenters. The highest BCUT2D eigenvalue weighted by molar-refractivity contribution is 5.27. The molecule has 2 rings (SSSR count). The number of pyridine rings is 1. The van der Waals surface area contributed by atoms with Gasteiger partial charge in [0.1, 0.15) is 24.7 Å². The highest BCUT2D eigenvalue weighted by atomic mass is 16.5. The Morgan fingerprint density at radius 1 is 0.950 bits per heavy atom. The van der Waals surface area contributed by atoms with Gasteiger partial charge in [0.15, 0.2) is 0 Å². The number of nitrogens with one attached hydrogen (secondary N) is 1. The molecule has 1 N–H and O–H groups in total. The topological polar surface area (TPSA) is 43.4 Å². The zero-order valence-electron chi connectivity index (χ0n) is 11.9. The lowest BCUT2D eigenvalue weighted by atomic mass is 10.2. The van der Waals surface area contributed by atoms with Gasteiger partial charge in [-0.15, -0.1) is 0 Å². The van der Waals surface area contributed by atoms with Gasteiger partial charge in [0.05, 0.1) is 6.20 Å². The summed E-state index contributed by atoms with van der Waals surface area (Å²) < 4.78 is 11.2. The van der Waals surface area contributed by atoms with Crippen molar-refractivity contribution in [1.29, 1.82) is 0 Å². The summed E-state index contributed by atoms with van der Waals surface area (Å²) in [5.41, 5.74) is 2.22. The predicted octanol–water partition coefficient (Wildman–Crippen LogP) is 2.57.